The van der Waals surface area contributed by atoms with E-state index in [0.29, 0.717) is 6.07 Å². The monoisotopic (exact) mass is 317 g/mol. The molecule has 1 atom stereocenters. The van der Waals surface area contributed by atoms with Crippen molar-refractivity contribution in [2.75, 3.05) is 6.61 Å². The zero-order chi connectivity index (χ0) is 14.3. The molecule has 1 heterocycles. The Hall–Kier alpha value is -1.57. The smallest absolute Gasteiger partial charge is 0.416 e. The average molecular weight is 318 g/mol. The number of alkyl carbamates (subject to hydrolysis) is 1. The van der Waals surface area contributed by atoms with Gasteiger partial charge in [0.25, 0.3) is 0 Å². The highest BCUT2D eigenvalue weighted by molar-refractivity contribution is 5.85. The number of benzene rings is 1. The Kier molecular flexibility index (Phi) is 4.48. The maximum Gasteiger partial charge on any atom is 0.416 e. The van der Waals surface area contributed by atoms with Gasteiger partial charge >= 0.3 is 18.2 Å². The maximum absolute atomic E-state index is 13.5. The van der Waals surface area contributed by atoms with Crippen molar-refractivity contribution in [1.82, 2.24) is 5.32 Å². The quantitative estimate of drug-likeness (QED) is 0.805. The SMILES string of the molecule is Cl.O=C1N[C@H](c2cccc(C(F)(F)F)c2)C(F)(F)CO1. The molecule has 1 amide bonds. The molecule has 112 valence electrons. The summed E-state index contributed by atoms with van der Waals surface area (Å²) < 4.78 is 68.7. The minimum Gasteiger partial charge on any atom is -0.443 e. The van der Waals surface area contributed by atoms with Gasteiger partial charge < -0.3 is 10.1 Å². The second-order valence-corrected chi connectivity index (χ2v) is 4.04. The molecular weight excluding hydrogens is 309 g/mol. The molecule has 1 aliphatic heterocycles. The number of amides is 1. The predicted molar refractivity (Wildman–Crippen MR) is 60.9 cm³/mol. The van der Waals surface area contributed by atoms with Gasteiger partial charge in [0, 0.05) is 0 Å². The maximum atomic E-state index is 13.5. The van der Waals surface area contributed by atoms with Crippen molar-refractivity contribution in [2.24, 2.45) is 0 Å². The van der Waals surface area contributed by atoms with Crippen LogP contribution in [0.5, 0.6) is 0 Å². The van der Waals surface area contributed by atoms with Crippen LogP contribution in [0.2, 0.25) is 0 Å². The number of carbonyl (C=O) groups excluding carboxylic acids is 1. The first kappa shape index (κ1) is 16.5. The number of cyclic esters (lactones) is 1. The van der Waals surface area contributed by atoms with Crippen LogP contribution in [0.3, 0.4) is 0 Å². The highest BCUT2D eigenvalue weighted by Crippen LogP contribution is 2.37. The van der Waals surface area contributed by atoms with Gasteiger partial charge in [-0.2, -0.15) is 13.2 Å². The van der Waals surface area contributed by atoms with E-state index in [1.165, 1.54) is 0 Å². The molecule has 1 N–H and O–H groups in total. The molecule has 3 nitrogen and oxygen atoms in total. The fourth-order valence-electron chi connectivity index (χ4n) is 1.73. The van der Waals surface area contributed by atoms with Crippen LogP contribution in [0, 0.1) is 0 Å². The molecule has 1 saturated heterocycles. The molecule has 0 bridgehead atoms. The normalized spacial score (nSPS) is 21.4. The summed E-state index contributed by atoms with van der Waals surface area (Å²) in [5, 5.41) is 1.82. The Morgan fingerprint density at radius 1 is 1.30 bits per heavy atom. The van der Waals surface area contributed by atoms with E-state index in [2.05, 4.69) is 4.74 Å². The summed E-state index contributed by atoms with van der Waals surface area (Å²) in [4.78, 5) is 10.9. The van der Waals surface area contributed by atoms with E-state index in [1.807, 2.05) is 5.32 Å². The first-order valence-corrected chi connectivity index (χ1v) is 5.18. The lowest BCUT2D eigenvalue weighted by molar-refractivity contribution is -0.138. The molecule has 1 aromatic carbocycles. The van der Waals surface area contributed by atoms with E-state index in [4.69, 9.17) is 0 Å². The van der Waals surface area contributed by atoms with Gasteiger partial charge in [-0.15, -0.1) is 12.4 Å². The molecule has 1 aliphatic rings. The third-order valence-corrected chi connectivity index (χ3v) is 2.63. The highest BCUT2D eigenvalue weighted by Gasteiger charge is 2.47. The molecule has 1 aromatic rings. The number of ether oxygens (including phenoxy) is 1. The molecule has 0 aliphatic carbocycles. The fraction of sp³-hybridized carbons (Fsp3) is 0.364. The van der Waals surface area contributed by atoms with Gasteiger partial charge in [0.2, 0.25) is 0 Å². The molecule has 20 heavy (non-hydrogen) atoms. The molecule has 0 saturated carbocycles. The van der Waals surface area contributed by atoms with Gasteiger partial charge in [-0.1, -0.05) is 12.1 Å². The zero-order valence-electron chi connectivity index (χ0n) is 9.71. The summed E-state index contributed by atoms with van der Waals surface area (Å²) in [6.07, 6.45) is -5.73. The van der Waals surface area contributed by atoms with Crippen molar-refractivity contribution in [2.45, 2.75) is 18.1 Å². The third kappa shape index (κ3) is 3.30. The Balaban J connectivity index is 0.00000200. The van der Waals surface area contributed by atoms with E-state index in [-0.39, 0.29) is 18.0 Å². The van der Waals surface area contributed by atoms with Gasteiger partial charge in [-0.25, -0.2) is 13.6 Å². The van der Waals surface area contributed by atoms with Crippen LogP contribution in [0.1, 0.15) is 17.2 Å². The lowest BCUT2D eigenvalue weighted by Gasteiger charge is -2.32. The van der Waals surface area contributed by atoms with Crippen LogP contribution < -0.4 is 5.32 Å². The summed E-state index contributed by atoms with van der Waals surface area (Å²) in [5.41, 5.74) is -1.38. The van der Waals surface area contributed by atoms with Gasteiger partial charge in [0.1, 0.15) is 6.04 Å². The van der Waals surface area contributed by atoms with Gasteiger partial charge in [0.05, 0.1) is 5.56 Å². The summed E-state index contributed by atoms with van der Waals surface area (Å²) >= 11 is 0. The topological polar surface area (TPSA) is 38.3 Å². The van der Waals surface area contributed by atoms with Gasteiger partial charge in [0.15, 0.2) is 6.61 Å². The second-order valence-electron chi connectivity index (χ2n) is 4.04. The average Bonchev–Trinajstić information content (AvgIpc) is 2.31. The number of hydrogen-bond acceptors (Lipinski definition) is 2. The van der Waals surface area contributed by atoms with Gasteiger partial charge in [-0.05, 0) is 17.7 Å². The summed E-state index contributed by atoms with van der Waals surface area (Å²) in [7, 11) is 0. The van der Waals surface area contributed by atoms with E-state index < -0.39 is 36.4 Å². The molecule has 2 rings (SSSR count). The van der Waals surface area contributed by atoms with Crippen LogP contribution in [-0.2, 0) is 10.9 Å². The Bertz CT molecular complexity index is 506. The van der Waals surface area contributed by atoms with Crippen molar-refractivity contribution >= 4 is 18.5 Å². The Morgan fingerprint density at radius 2 is 1.95 bits per heavy atom. The fourth-order valence-corrected chi connectivity index (χ4v) is 1.73. The molecule has 9 heteroatoms. The number of alkyl halides is 5. The van der Waals surface area contributed by atoms with Crippen LogP contribution in [0.25, 0.3) is 0 Å². The first-order valence-electron chi connectivity index (χ1n) is 5.18. The van der Waals surface area contributed by atoms with Crippen LogP contribution in [0.15, 0.2) is 24.3 Å². The van der Waals surface area contributed by atoms with Crippen LogP contribution >= 0.6 is 12.4 Å². The van der Waals surface area contributed by atoms with E-state index in [1.54, 1.807) is 0 Å². The Morgan fingerprint density at radius 3 is 2.55 bits per heavy atom. The largest absolute Gasteiger partial charge is 0.443 e. The highest BCUT2D eigenvalue weighted by atomic mass is 35.5. The standard InChI is InChI=1S/C11H8F5NO2.ClH/c12-10(13)5-19-9(18)17-8(10)6-2-1-3-7(4-6)11(14,15)16;/h1-4,8H,5H2,(H,17,18);1H/t8-;/m1./s1. The number of halogens is 6. The molecule has 1 fully saturated rings. The molecular formula is C11H9ClF5NO2. The number of hydrogen-bond donors (Lipinski definition) is 1. The van der Waals surface area contributed by atoms with E-state index in [0.717, 1.165) is 18.2 Å². The molecule has 0 radical (unpaired) electrons. The van der Waals surface area contributed by atoms with Gasteiger partial charge in [-0.3, -0.25) is 0 Å². The summed E-state index contributed by atoms with van der Waals surface area (Å²) in [6, 6.07) is 1.62. The summed E-state index contributed by atoms with van der Waals surface area (Å²) in [5.74, 6) is -3.47. The number of carbonyl (C=O) groups is 1. The van der Waals surface area contributed by atoms with Crippen molar-refractivity contribution in [3.63, 3.8) is 0 Å². The summed E-state index contributed by atoms with van der Waals surface area (Å²) in [6.45, 7) is -1.17. The van der Waals surface area contributed by atoms with Crippen molar-refractivity contribution in [3.05, 3.63) is 35.4 Å². The van der Waals surface area contributed by atoms with Crippen LogP contribution in [0.4, 0.5) is 26.7 Å². The minimum atomic E-state index is -4.64. The van der Waals surface area contributed by atoms with Crippen molar-refractivity contribution in [1.29, 1.82) is 0 Å². The number of nitrogens with one attached hydrogen (secondary N) is 1. The lowest BCUT2D eigenvalue weighted by Crippen LogP contribution is -2.49. The van der Waals surface area contributed by atoms with Crippen molar-refractivity contribution < 1.29 is 31.5 Å². The molecule has 0 spiro atoms. The minimum absolute atomic E-state index is 0. The second kappa shape index (κ2) is 5.43. The first-order chi connectivity index (χ1) is 8.70. The Labute approximate surface area is 116 Å². The van der Waals surface area contributed by atoms with Crippen molar-refractivity contribution in [3.8, 4) is 0 Å². The van der Waals surface area contributed by atoms with E-state index >= 15 is 0 Å². The van der Waals surface area contributed by atoms with E-state index in [9.17, 15) is 26.7 Å². The molecule has 0 aromatic heterocycles. The molecule has 0 unspecified atom stereocenters. The third-order valence-electron chi connectivity index (χ3n) is 2.63. The zero-order valence-corrected chi connectivity index (χ0v) is 10.5. The number of rotatable bonds is 1. The van der Waals surface area contributed by atoms with Crippen LogP contribution in [-0.4, -0.2) is 18.6 Å². The predicted octanol–water partition coefficient (Wildman–Crippen LogP) is 3.54. The lowest BCUT2D eigenvalue weighted by atomic mass is 9.98.